The van der Waals surface area contributed by atoms with Gasteiger partial charge in [0.25, 0.3) is 15.9 Å². The Labute approximate surface area is 212 Å². The van der Waals surface area contributed by atoms with Crippen LogP contribution in [0.1, 0.15) is 38.2 Å². The Bertz CT molecular complexity index is 1400. The lowest BCUT2D eigenvalue weighted by atomic mass is 9.98. The molecule has 1 aromatic carbocycles. The van der Waals surface area contributed by atoms with Crippen molar-refractivity contribution in [2.75, 3.05) is 13.1 Å². The number of hydrogen-bond acceptors (Lipinski definition) is 5. The van der Waals surface area contributed by atoms with Crippen LogP contribution in [0, 0.1) is 18.3 Å². The van der Waals surface area contributed by atoms with Crippen molar-refractivity contribution in [3.63, 3.8) is 0 Å². The summed E-state index contributed by atoms with van der Waals surface area (Å²) in [4.78, 5) is 18.1. The first kappa shape index (κ1) is 25.1. The predicted molar refractivity (Wildman–Crippen MR) is 139 cm³/mol. The molecule has 0 saturated carbocycles. The number of terminal acetylenes is 1. The molecule has 180 valence electrons. The molecule has 34 heavy (non-hydrogen) atoms. The third kappa shape index (κ3) is 5.31. The molecule has 1 fully saturated rings. The van der Waals surface area contributed by atoms with Crippen LogP contribution in [0.5, 0.6) is 0 Å². The van der Waals surface area contributed by atoms with E-state index in [0.717, 1.165) is 40.8 Å². The molecule has 0 bridgehead atoms. The summed E-state index contributed by atoms with van der Waals surface area (Å²) in [5.41, 5.74) is 2.24. The van der Waals surface area contributed by atoms with Gasteiger partial charge in [0.1, 0.15) is 4.21 Å². The molecule has 0 radical (unpaired) electrons. The van der Waals surface area contributed by atoms with Crippen LogP contribution in [0.3, 0.4) is 0 Å². The minimum Gasteiger partial charge on any atom is -0.305 e. The molecule has 0 aliphatic carbocycles. The van der Waals surface area contributed by atoms with E-state index in [4.69, 9.17) is 18.0 Å². The fraction of sp³-hybridized carbons (Fsp3) is 0.417. The zero-order chi connectivity index (χ0) is 24.3. The number of thiazole rings is 1. The summed E-state index contributed by atoms with van der Waals surface area (Å²) >= 11 is 8.42. The Hall–Kier alpha value is -1.96. The minimum atomic E-state index is -3.59. The van der Waals surface area contributed by atoms with Crippen molar-refractivity contribution < 1.29 is 13.2 Å². The number of amides is 1. The fourth-order valence-electron chi connectivity index (χ4n) is 4.08. The van der Waals surface area contributed by atoms with E-state index >= 15 is 0 Å². The predicted octanol–water partition coefficient (Wildman–Crippen LogP) is 4.92. The molecule has 0 N–H and O–H groups in total. The van der Waals surface area contributed by atoms with E-state index in [-0.39, 0.29) is 29.1 Å². The summed E-state index contributed by atoms with van der Waals surface area (Å²) in [5.74, 6) is 2.12. The second-order valence-corrected chi connectivity index (χ2v) is 13.2. The van der Waals surface area contributed by atoms with E-state index in [2.05, 4.69) is 36.0 Å². The van der Waals surface area contributed by atoms with Gasteiger partial charge in [-0.3, -0.25) is 4.79 Å². The van der Waals surface area contributed by atoms with Gasteiger partial charge in [0.05, 0.1) is 21.1 Å². The molecule has 1 amide bonds. The lowest BCUT2D eigenvalue weighted by Gasteiger charge is -2.29. The summed E-state index contributed by atoms with van der Waals surface area (Å²) in [6, 6.07) is 9.43. The minimum absolute atomic E-state index is 0.222. The Morgan fingerprint density at radius 1 is 1.24 bits per heavy atom. The number of aromatic nitrogens is 1. The summed E-state index contributed by atoms with van der Waals surface area (Å²) < 4.78 is 30.7. The second-order valence-electron chi connectivity index (χ2n) is 8.27. The number of carbonyl (C=O) groups excluding carboxylic acids is 1. The number of halogens is 1. The molecule has 10 heteroatoms. The number of nitrogens with zero attached hydrogens (tertiary/aromatic N) is 3. The molecule has 0 unspecified atom stereocenters. The molecular weight excluding hydrogens is 510 g/mol. The number of hydrogen-bond donors (Lipinski definition) is 0. The van der Waals surface area contributed by atoms with Crippen LogP contribution in [0.15, 0.2) is 39.5 Å². The van der Waals surface area contributed by atoms with Crippen molar-refractivity contribution in [3.8, 4) is 12.3 Å². The second kappa shape index (κ2) is 10.8. The number of rotatable bonds is 7. The van der Waals surface area contributed by atoms with Gasteiger partial charge >= 0.3 is 0 Å². The first-order chi connectivity index (χ1) is 16.3. The van der Waals surface area contributed by atoms with Crippen LogP contribution in [0.4, 0.5) is 0 Å². The van der Waals surface area contributed by atoms with Crippen molar-refractivity contribution >= 4 is 60.4 Å². The third-order valence-electron chi connectivity index (χ3n) is 5.97. The highest BCUT2D eigenvalue weighted by Gasteiger charge is 2.33. The topological polar surface area (TPSA) is 71.7 Å². The molecule has 1 aliphatic rings. The number of aryl methyl sites for hydroxylation is 1. The first-order valence-corrected chi connectivity index (χ1v) is 14.7. The van der Waals surface area contributed by atoms with Gasteiger partial charge in [-0.05, 0) is 55.5 Å². The number of carbonyl (C=O) groups is 1. The van der Waals surface area contributed by atoms with Gasteiger partial charge in [0.15, 0.2) is 4.80 Å². The van der Waals surface area contributed by atoms with Crippen molar-refractivity contribution in [3.05, 3.63) is 45.0 Å². The average molecular weight is 536 g/mol. The van der Waals surface area contributed by atoms with E-state index < -0.39 is 10.0 Å². The molecular formula is C24H26ClN3O3S3. The van der Waals surface area contributed by atoms with Gasteiger partial charge in [-0.15, -0.1) is 17.8 Å². The monoisotopic (exact) mass is 535 g/mol. The maximum atomic E-state index is 13.0. The molecule has 0 spiro atoms. The summed E-state index contributed by atoms with van der Waals surface area (Å²) in [5, 5.41) is 0. The number of fused-ring (bicyclic) bond motifs is 1. The molecule has 2 aromatic heterocycles. The van der Waals surface area contributed by atoms with Crippen LogP contribution in [0.2, 0.25) is 4.34 Å². The largest absolute Gasteiger partial charge is 0.305 e. The van der Waals surface area contributed by atoms with Crippen LogP contribution < -0.4 is 4.80 Å². The van der Waals surface area contributed by atoms with Gasteiger partial charge in [0.2, 0.25) is 0 Å². The van der Waals surface area contributed by atoms with Crippen molar-refractivity contribution in [1.29, 1.82) is 0 Å². The first-order valence-electron chi connectivity index (χ1n) is 11.2. The van der Waals surface area contributed by atoms with Gasteiger partial charge in [-0.2, -0.15) is 9.30 Å². The smallest absolute Gasteiger partial charge is 0.252 e. The molecule has 3 aromatic rings. The van der Waals surface area contributed by atoms with E-state index in [0.29, 0.717) is 28.5 Å². The Kier molecular flexibility index (Phi) is 7.95. The van der Waals surface area contributed by atoms with Crippen LogP contribution in [0.25, 0.3) is 10.2 Å². The Balaban J connectivity index is 1.53. The zero-order valence-corrected chi connectivity index (χ0v) is 22.1. The SMILES string of the molecule is C#CCn1c(=NC(=O)C2CCN(S(=O)(=O)c3ccc(Cl)s3)CC2)sc2cc(CCCC)ccc21. The maximum Gasteiger partial charge on any atom is 0.252 e. The van der Waals surface area contributed by atoms with Crippen LogP contribution in [-0.2, 0) is 27.8 Å². The Morgan fingerprint density at radius 3 is 2.65 bits per heavy atom. The van der Waals surface area contributed by atoms with E-state index in [1.165, 1.54) is 27.3 Å². The zero-order valence-electron chi connectivity index (χ0n) is 18.9. The van der Waals surface area contributed by atoms with Gasteiger partial charge in [0, 0.05) is 19.0 Å². The van der Waals surface area contributed by atoms with Gasteiger partial charge in [-0.1, -0.05) is 48.3 Å². The van der Waals surface area contributed by atoms with Crippen LogP contribution in [-0.4, -0.2) is 36.3 Å². The van der Waals surface area contributed by atoms with Gasteiger partial charge in [-0.25, -0.2) is 8.42 Å². The highest BCUT2D eigenvalue weighted by Crippen LogP contribution is 2.31. The van der Waals surface area contributed by atoms with Crippen molar-refractivity contribution in [1.82, 2.24) is 8.87 Å². The molecule has 1 saturated heterocycles. The maximum absolute atomic E-state index is 13.0. The quantitative estimate of drug-likeness (QED) is 0.403. The molecule has 6 nitrogen and oxygen atoms in total. The lowest BCUT2D eigenvalue weighted by molar-refractivity contribution is -0.122. The van der Waals surface area contributed by atoms with E-state index in [9.17, 15) is 13.2 Å². The normalized spacial score (nSPS) is 16.2. The molecule has 4 rings (SSSR count). The highest BCUT2D eigenvalue weighted by atomic mass is 35.5. The highest BCUT2D eigenvalue weighted by molar-refractivity contribution is 7.91. The number of sulfonamides is 1. The number of unbranched alkanes of at least 4 members (excludes halogenated alkanes) is 1. The Morgan fingerprint density at radius 2 is 2.00 bits per heavy atom. The standard InChI is InChI=1S/C24H26ClN3O3S3/c1-3-5-6-17-7-8-19-20(16-17)32-24(28(19)13-4-2)26-23(29)18-11-14-27(15-12-18)34(30,31)22-10-9-21(25)33-22/h2,7-10,16,18H,3,5-6,11-15H2,1H3. The number of piperidine rings is 1. The van der Waals surface area contributed by atoms with Crippen molar-refractivity contribution in [2.24, 2.45) is 10.9 Å². The fourth-order valence-corrected chi connectivity index (χ4v) is 8.28. The van der Waals surface area contributed by atoms with Crippen LogP contribution >= 0.6 is 34.3 Å². The van der Waals surface area contributed by atoms with Gasteiger partial charge < -0.3 is 4.57 Å². The molecule has 0 atom stereocenters. The molecule has 3 heterocycles. The molecule has 1 aliphatic heterocycles. The average Bonchev–Trinajstić information content (AvgIpc) is 3.41. The lowest BCUT2D eigenvalue weighted by Crippen LogP contribution is -2.40. The summed E-state index contributed by atoms with van der Waals surface area (Å²) in [6.45, 7) is 3.06. The number of thiophene rings is 1. The number of benzene rings is 1. The third-order valence-corrected chi connectivity index (χ3v) is 10.6. The van der Waals surface area contributed by atoms with E-state index in [1.54, 1.807) is 6.07 Å². The van der Waals surface area contributed by atoms with Crippen molar-refractivity contribution in [2.45, 2.75) is 49.8 Å². The van der Waals surface area contributed by atoms with E-state index in [1.807, 2.05) is 4.57 Å². The summed E-state index contributed by atoms with van der Waals surface area (Å²) in [7, 11) is -3.59. The summed E-state index contributed by atoms with van der Waals surface area (Å²) in [6.07, 6.45) is 9.74.